The van der Waals surface area contributed by atoms with E-state index in [9.17, 15) is 9.70 Å². The van der Waals surface area contributed by atoms with Gasteiger partial charge in [-0.15, -0.1) is 4.91 Å². The van der Waals surface area contributed by atoms with Gasteiger partial charge in [-0.3, -0.25) is 14.7 Å². The quantitative estimate of drug-likeness (QED) is 0.0919. The Hall–Kier alpha value is -4.14. The van der Waals surface area contributed by atoms with Crippen molar-refractivity contribution in [3.63, 3.8) is 0 Å². The van der Waals surface area contributed by atoms with Crippen molar-refractivity contribution in [3.05, 3.63) is 116 Å². The van der Waals surface area contributed by atoms with Crippen LogP contribution in [0, 0.1) is 18.8 Å². The number of hydrogen-bond donors (Lipinski definition) is 2. The third-order valence-corrected chi connectivity index (χ3v) is 8.48. The number of nitrogens with one attached hydrogen (secondary N) is 1. The standard InChI is InChI=1S/C38H48N4O4/c1-6-11-31(14-8-9-24-43)46-32-22-20-30(21-23-32)42-27(4)40-35(12-7-2)34(38(42)44)25-28-16-18-29(19-17-28)33-15-10-13-26(3)36(33)37(39-5)41-45/h10,13,15-23,31,37,39,43H,6-9,11-12,14,24-25H2,1-5H3. The van der Waals surface area contributed by atoms with Gasteiger partial charge in [0.05, 0.1) is 17.5 Å². The van der Waals surface area contributed by atoms with Crippen molar-refractivity contribution >= 4 is 0 Å². The fourth-order valence-corrected chi connectivity index (χ4v) is 6.13. The molecule has 0 aliphatic heterocycles. The summed E-state index contributed by atoms with van der Waals surface area (Å²) in [5, 5.41) is 15.4. The second kappa shape index (κ2) is 17.0. The zero-order chi connectivity index (χ0) is 33.1. The molecule has 1 heterocycles. The van der Waals surface area contributed by atoms with Gasteiger partial charge in [-0.1, -0.05) is 69.2 Å². The predicted molar refractivity (Wildman–Crippen MR) is 186 cm³/mol. The fourth-order valence-electron chi connectivity index (χ4n) is 6.13. The molecule has 0 aliphatic rings. The van der Waals surface area contributed by atoms with Gasteiger partial charge < -0.3 is 9.84 Å². The number of benzene rings is 3. The summed E-state index contributed by atoms with van der Waals surface area (Å²) in [5.74, 6) is 1.43. The van der Waals surface area contributed by atoms with Crippen molar-refractivity contribution in [2.45, 2.75) is 91.3 Å². The van der Waals surface area contributed by atoms with E-state index in [1.807, 2.05) is 80.6 Å². The summed E-state index contributed by atoms with van der Waals surface area (Å²) in [6, 6.07) is 21.8. The molecule has 0 amide bonds. The molecule has 0 bridgehead atoms. The Morgan fingerprint density at radius 1 is 0.957 bits per heavy atom. The molecule has 8 heteroatoms. The second-order valence-electron chi connectivity index (χ2n) is 11.9. The Balaban J connectivity index is 1.63. The van der Waals surface area contributed by atoms with Crippen LogP contribution >= 0.6 is 0 Å². The van der Waals surface area contributed by atoms with E-state index in [1.165, 1.54) is 0 Å². The lowest BCUT2D eigenvalue weighted by Gasteiger charge is -2.19. The van der Waals surface area contributed by atoms with Crippen molar-refractivity contribution in [2.24, 2.45) is 5.18 Å². The molecule has 0 spiro atoms. The van der Waals surface area contributed by atoms with E-state index >= 15 is 0 Å². The van der Waals surface area contributed by atoms with Crippen molar-refractivity contribution < 1.29 is 9.84 Å². The van der Waals surface area contributed by atoms with Crippen LogP contribution in [0.5, 0.6) is 5.75 Å². The molecular weight excluding hydrogens is 576 g/mol. The Bertz CT molecular complexity index is 1630. The molecular formula is C38H48N4O4. The minimum Gasteiger partial charge on any atom is -0.490 e. The van der Waals surface area contributed by atoms with Crippen LogP contribution in [0.2, 0.25) is 0 Å². The summed E-state index contributed by atoms with van der Waals surface area (Å²) >= 11 is 0. The van der Waals surface area contributed by atoms with Crippen LogP contribution in [-0.2, 0) is 12.8 Å². The number of rotatable bonds is 17. The van der Waals surface area contributed by atoms with Gasteiger partial charge in [-0.05, 0) is 105 Å². The minimum atomic E-state index is -0.639. The van der Waals surface area contributed by atoms with Crippen LogP contribution in [0.1, 0.15) is 92.3 Å². The SMILES string of the molecule is CCCc1nc(C)n(-c2ccc(OC(CCC)CCCCO)cc2)c(=O)c1Cc1ccc(-c2cccc(C)c2C(N=O)NC)cc1. The fraction of sp³-hybridized carbons (Fsp3) is 0.421. The van der Waals surface area contributed by atoms with Crippen molar-refractivity contribution in [3.8, 4) is 22.6 Å². The molecule has 2 N–H and O–H groups in total. The molecule has 0 saturated heterocycles. The molecule has 4 rings (SSSR count). The lowest BCUT2D eigenvalue weighted by atomic mass is 9.93. The molecule has 3 aromatic carbocycles. The molecule has 244 valence electrons. The maximum atomic E-state index is 14.1. The topological polar surface area (TPSA) is 106 Å². The van der Waals surface area contributed by atoms with Crippen molar-refractivity contribution in [1.82, 2.24) is 14.9 Å². The van der Waals surface area contributed by atoms with Gasteiger partial charge in [0.1, 0.15) is 11.6 Å². The van der Waals surface area contributed by atoms with Crippen molar-refractivity contribution in [2.75, 3.05) is 13.7 Å². The highest BCUT2D eigenvalue weighted by Crippen LogP contribution is 2.32. The summed E-state index contributed by atoms with van der Waals surface area (Å²) in [7, 11) is 1.73. The Morgan fingerprint density at radius 2 is 1.70 bits per heavy atom. The molecule has 8 nitrogen and oxygen atoms in total. The van der Waals surface area contributed by atoms with Crippen LogP contribution in [0.25, 0.3) is 16.8 Å². The van der Waals surface area contributed by atoms with E-state index in [0.29, 0.717) is 17.8 Å². The summed E-state index contributed by atoms with van der Waals surface area (Å²) < 4.78 is 7.97. The minimum absolute atomic E-state index is 0.0588. The predicted octanol–water partition coefficient (Wildman–Crippen LogP) is 7.75. The van der Waals surface area contributed by atoms with Gasteiger partial charge in [-0.2, -0.15) is 0 Å². The molecule has 46 heavy (non-hydrogen) atoms. The number of aryl methyl sites for hydroxylation is 3. The summed E-state index contributed by atoms with van der Waals surface area (Å²) in [4.78, 5) is 30.6. The molecule has 2 unspecified atom stereocenters. The monoisotopic (exact) mass is 624 g/mol. The van der Waals surface area contributed by atoms with E-state index in [1.54, 1.807) is 11.6 Å². The molecule has 0 fully saturated rings. The van der Waals surface area contributed by atoms with Gasteiger partial charge in [0.25, 0.3) is 5.56 Å². The summed E-state index contributed by atoms with van der Waals surface area (Å²) in [6.45, 7) is 8.31. The van der Waals surface area contributed by atoms with Gasteiger partial charge in [0.15, 0.2) is 6.17 Å². The van der Waals surface area contributed by atoms with E-state index in [0.717, 1.165) is 89.9 Å². The normalized spacial score (nSPS) is 12.6. The lowest BCUT2D eigenvalue weighted by molar-refractivity contribution is 0.171. The van der Waals surface area contributed by atoms with Crippen LogP contribution in [0.4, 0.5) is 0 Å². The zero-order valence-electron chi connectivity index (χ0n) is 27.9. The van der Waals surface area contributed by atoms with Crippen LogP contribution in [-0.4, -0.2) is 34.4 Å². The number of nitroso groups, excluding NO2 is 1. The third-order valence-electron chi connectivity index (χ3n) is 8.48. The first-order chi connectivity index (χ1) is 22.3. The number of aliphatic hydroxyl groups excluding tert-OH is 1. The maximum Gasteiger partial charge on any atom is 0.261 e. The first-order valence-corrected chi connectivity index (χ1v) is 16.5. The number of nitrogens with zero attached hydrogens (tertiary/aromatic N) is 3. The number of unbranched alkanes of at least 4 members (excludes halogenated alkanes) is 1. The number of hydrogen-bond acceptors (Lipinski definition) is 7. The highest BCUT2D eigenvalue weighted by Gasteiger charge is 2.19. The third kappa shape index (κ3) is 8.36. The van der Waals surface area contributed by atoms with Gasteiger partial charge in [-0.25, -0.2) is 4.98 Å². The number of aliphatic hydroxyl groups is 1. The first kappa shape index (κ1) is 34.7. The molecule has 1 aromatic heterocycles. The highest BCUT2D eigenvalue weighted by atomic mass is 16.5. The highest BCUT2D eigenvalue weighted by molar-refractivity contribution is 5.70. The maximum absolute atomic E-state index is 14.1. The molecule has 0 saturated carbocycles. The average Bonchev–Trinajstić information content (AvgIpc) is 3.05. The van der Waals surface area contributed by atoms with Crippen LogP contribution in [0.15, 0.2) is 76.7 Å². The van der Waals surface area contributed by atoms with Gasteiger partial charge >= 0.3 is 0 Å². The summed E-state index contributed by atoms with van der Waals surface area (Å²) in [5.41, 5.74) is 7.04. The van der Waals surface area contributed by atoms with Gasteiger partial charge in [0, 0.05) is 24.2 Å². The Labute approximate surface area is 272 Å². The van der Waals surface area contributed by atoms with Gasteiger partial charge in [0.2, 0.25) is 0 Å². The lowest BCUT2D eigenvalue weighted by Crippen LogP contribution is -2.28. The smallest absolute Gasteiger partial charge is 0.261 e. The van der Waals surface area contributed by atoms with Crippen LogP contribution in [0.3, 0.4) is 0 Å². The molecule has 4 aromatic rings. The number of aromatic nitrogens is 2. The van der Waals surface area contributed by atoms with E-state index in [4.69, 9.17) is 14.8 Å². The van der Waals surface area contributed by atoms with E-state index in [2.05, 4.69) is 24.3 Å². The summed E-state index contributed by atoms with van der Waals surface area (Å²) in [6.07, 6.45) is 6.13. The zero-order valence-corrected chi connectivity index (χ0v) is 27.9. The largest absolute Gasteiger partial charge is 0.490 e. The van der Waals surface area contributed by atoms with E-state index in [-0.39, 0.29) is 18.3 Å². The van der Waals surface area contributed by atoms with Crippen LogP contribution < -0.4 is 15.6 Å². The first-order valence-electron chi connectivity index (χ1n) is 16.5. The Kier molecular flexibility index (Phi) is 12.8. The average molecular weight is 625 g/mol. The van der Waals surface area contributed by atoms with Crippen molar-refractivity contribution in [1.29, 1.82) is 0 Å². The molecule has 0 aliphatic carbocycles. The molecule has 2 atom stereocenters. The molecule has 0 radical (unpaired) electrons. The second-order valence-corrected chi connectivity index (χ2v) is 11.9. The Morgan fingerprint density at radius 3 is 2.33 bits per heavy atom. The van der Waals surface area contributed by atoms with E-state index < -0.39 is 6.17 Å². The number of ether oxygens (including phenoxy) is 1.